The van der Waals surface area contributed by atoms with Crippen LogP contribution in [0, 0.1) is 13.8 Å². The van der Waals surface area contributed by atoms with Crippen LogP contribution in [0.4, 0.5) is 0 Å². The fourth-order valence-electron chi connectivity index (χ4n) is 2.96. The maximum atomic E-state index is 12.9. The Hall–Kier alpha value is -2.21. The summed E-state index contributed by atoms with van der Waals surface area (Å²) in [6.07, 6.45) is 0. The molecule has 0 saturated carbocycles. The molecule has 2 aromatic heterocycles. The molecule has 0 fully saturated rings. The minimum Gasteiger partial charge on any atom is -0.361 e. The first-order valence-corrected chi connectivity index (χ1v) is 8.76. The number of benzene rings is 1. The highest BCUT2D eigenvalue weighted by Gasteiger charge is 2.29. The number of likely N-dealkylation sites (N-methyl/N-ethyl adjacent to an activating group) is 1. The van der Waals surface area contributed by atoms with E-state index in [-0.39, 0.29) is 17.9 Å². The minimum absolute atomic E-state index is 0.0381. The van der Waals surface area contributed by atoms with E-state index in [4.69, 9.17) is 4.52 Å². The fourth-order valence-corrected chi connectivity index (χ4v) is 4.03. The maximum absolute atomic E-state index is 12.9. The summed E-state index contributed by atoms with van der Waals surface area (Å²) >= 11 is 1.63. The lowest BCUT2D eigenvalue weighted by Crippen LogP contribution is -2.33. The van der Waals surface area contributed by atoms with Gasteiger partial charge in [-0.1, -0.05) is 17.3 Å². The lowest BCUT2D eigenvalue weighted by Gasteiger charge is -2.26. The third-order valence-corrected chi connectivity index (χ3v) is 5.70. The van der Waals surface area contributed by atoms with Gasteiger partial charge in [-0.3, -0.25) is 4.79 Å². The second-order valence-corrected chi connectivity index (χ2v) is 7.17. The topological polar surface area (TPSA) is 59.2 Å². The molecule has 0 aliphatic heterocycles. The third-order valence-electron chi connectivity index (χ3n) is 4.49. The molecule has 0 spiro atoms. The molecule has 24 heavy (non-hydrogen) atoms. The molecule has 1 amide bonds. The standard InChI is InChI=1S/C18H21N3O2S/c1-10(16-11(2)20-23-13(16)4)18(22)21(5)12(3)17-19-14-8-6-7-9-15(14)24-17/h6-10,12H,1-5H3. The van der Waals surface area contributed by atoms with Crippen LogP contribution in [-0.2, 0) is 4.79 Å². The highest BCUT2D eigenvalue weighted by atomic mass is 32.1. The zero-order valence-corrected chi connectivity index (χ0v) is 15.3. The Morgan fingerprint density at radius 2 is 1.96 bits per heavy atom. The van der Waals surface area contributed by atoms with Gasteiger partial charge in [0.05, 0.1) is 27.9 Å². The first-order chi connectivity index (χ1) is 11.4. The van der Waals surface area contributed by atoms with Crippen molar-refractivity contribution in [2.75, 3.05) is 7.05 Å². The van der Waals surface area contributed by atoms with Crippen LogP contribution in [0.25, 0.3) is 10.2 Å². The summed E-state index contributed by atoms with van der Waals surface area (Å²) in [6.45, 7) is 7.62. The van der Waals surface area contributed by atoms with Crippen LogP contribution in [0.2, 0.25) is 0 Å². The Balaban J connectivity index is 1.84. The number of para-hydroxylation sites is 1. The van der Waals surface area contributed by atoms with E-state index in [0.717, 1.165) is 26.5 Å². The lowest BCUT2D eigenvalue weighted by atomic mass is 9.97. The number of hydrogen-bond donors (Lipinski definition) is 0. The van der Waals surface area contributed by atoms with Gasteiger partial charge in [0, 0.05) is 12.6 Å². The second-order valence-electron chi connectivity index (χ2n) is 6.10. The highest BCUT2D eigenvalue weighted by molar-refractivity contribution is 7.18. The molecule has 0 N–H and O–H groups in total. The molecule has 2 unspecified atom stereocenters. The van der Waals surface area contributed by atoms with Gasteiger partial charge < -0.3 is 9.42 Å². The predicted octanol–water partition coefficient (Wildman–Crippen LogP) is 4.22. The van der Waals surface area contributed by atoms with Crippen LogP contribution in [0.5, 0.6) is 0 Å². The first-order valence-electron chi connectivity index (χ1n) is 7.95. The molecule has 0 bridgehead atoms. The van der Waals surface area contributed by atoms with Crippen molar-refractivity contribution in [2.24, 2.45) is 0 Å². The van der Waals surface area contributed by atoms with Gasteiger partial charge in [0.2, 0.25) is 5.91 Å². The summed E-state index contributed by atoms with van der Waals surface area (Å²) in [5.41, 5.74) is 2.63. The molecule has 126 valence electrons. The zero-order chi connectivity index (χ0) is 17.4. The predicted molar refractivity (Wildman–Crippen MR) is 95.2 cm³/mol. The van der Waals surface area contributed by atoms with Crippen LogP contribution < -0.4 is 0 Å². The van der Waals surface area contributed by atoms with Crippen molar-refractivity contribution in [2.45, 2.75) is 39.7 Å². The fraction of sp³-hybridized carbons (Fsp3) is 0.389. The van der Waals surface area contributed by atoms with Gasteiger partial charge >= 0.3 is 0 Å². The highest BCUT2D eigenvalue weighted by Crippen LogP contribution is 2.31. The van der Waals surface area contributed by atoms with Crippen molar-refractivity contribution in [1.29, 1.82) is 0 Å². The number of hydrogen-bond acceptors (Lipinski definition) is 5. The minimum atomic E-state index is -0.293. The molecule has 2 heterocycles. The van der Waals surface area contributed by atoms with E-state index in [9.17, 15) is 4.79 Å². The van der Waals surface area contributed by atoms with Gasteiger partial charge in [-0.15, -0.1) is 11.3 Å². The number of carbonyl (C=O) groups excluding carboxylic acids is 1. The monoisotopic (exact) mass is 343 g/mol. The Labute approximate surface area is 145 Å². The largest absolute Gasteiger partial charge is 0.361 e. The lowest BCUT2D eigenvalue weighted by molar-refractivity contribution is -0.133. The van der Waals surface area contributed by atoms with Gasteiger partial charge in [0.15, 0.2) is 0 Å². The number of nitrogens with zero attached hydrogens (tertiary/aromatic N) is 3. The average molecular weight is 343 g/mol. The SMILES string of the molecule is Cc1noc(C)c1C(C)C(=O)N(C)C(C)c1nc2ccccc2s1. The number of amides is 1. The van der Waals surface area contributed by atoms with E-state index in [0.29, 0.717) is 5.76 Å². The Bertz CT molecular complexity index is 831. The molecule has 0 aliphatic rings. The van der Waals surface area contributed by atoms with Crippen LogP contribution in [0.3, 0.4) is 0 Å². The van der Waals surface area contributed by atoms with Crippen molar-refractivity contribution in [3.8, 4) is 0 Å². The van der Waals surface area contributed by atoms with Crippen molar-refractivity contribution in [3.05, 3.63) is 46.3 Å². The molecule has 0 aliphatic carbocycles. The summed E-state index contributed by atoms with van der Waals surface area (Å²) in [7, 11) is 1.83. The van der Waals surface area contributed by atoms with Gasteiger partial charge in [0.25, 0.3) is 0 Å². The summed E-state index contributed by atoms with van der Waals surface area (Å²) < 4.78 is 6.34. The number of carbonyl (C=O) groups is 1. The van der Waals surface area contributed by atoms with E-state index in [1.807, 2.05) is 52.9 Å². The molecule has 3 aromatic rings. The molecule has 0 saturated heterocycles. The van der Waals surface area contributed by atoms with E-state index in [1.54, 1.807) is 16.2 Å². The molecule has 5 nitrogen and oxygen atoms in total. The number of rotatable bonds is 4. The zero-order valence-electron chi connectivity index (χ0n) is 14.5. The number of aryl methyl sites for hydroxylation is 2. The van der Waals surface area contributed by atoms with E-state index < -0.39 is 0 Å². The molecule has 2 atom stereocenters. The molecule has 0 radical (unpaired) electrons. The van der Waals surface area contributed by atoms with Gasteiger partial charge in [-0.05, 0) is 39.8 Å². The van der Waals surface area contributed by atoms with Crippen LogP contribution >= 0.6 is 11.3 Å². The number of thiazole rings is 1. The first kappa shape index (κ1) is 16.6. The summed E-state index contributed by atoms with van der Waals surface area (Å²) in [6, 6.07) is 7.94. The van der Waals surface area contributed by atoms with Gasteiger partial charge in [-0.2, -0.15) is 0 Å². The molecular weight excluding hydrogens is 322 g/mol. The van der Waals surface area contributed by atoms with Gasteiger partial charge in [-0.25, -0.2) is 4.98 Å². The van der Waals surface area contributed by atoms with Crippen molar-refractivity contribution < 1.29 is 9.32 Å². The smallest absolute Gasteiger partial charge is 0.230 e. The third kappa shape index (κ3) is 2.82. The van der Waals surface area contributed by atoms with Crippen molar-refractivity contribution in [1.82, 2.24) is 15.0 Å². The van der Waals surface area contributed by atoms with E-state index in [1.165, 1.54) is 0 Å². The van der Waals surface area contributed by atoms with Crippen LogP contribution in [0.1, 0.15) is 47.8 Å². The molecule has 6 heteroatoms. The van der Waals surface area contributed by atoms with Crippen LogP contribution in [-0.4, -0.2) is 28.0 Å². The molecular formula is C18H21N3O2S. The van der Waals surface area contributed by atoms with Crippen molar-refractivity contribution in [3.63, 3.8) is 0 Å². The summed E-state index contributed by atoms with van der Waals surface area (Å²) in [5.74, 6) is 0.448. The Morgan fingerprint density at radius 1 is 1.25 bits per heavy atom. The maximum Gasteiger partial charge on any atom is 0.230 e. The van der Waals surface area contributed by atoms with E-state index in [2.05, 4.69) is 16.2 Å². The summed E-state index contributed by atoms with van der Waals surface area (Å²) in [4.78, 5) is 19.3. The molecule has 3 rings (SSSR count). The quantitative estimate of drug-likeness (QED) is 0.711. The Kier molecular flexibility index (Phi) is 4.41. The van der Waals surface area contributed by atoms with Crippen molar-refractivity contribution >= 4 is 27.5 Å². The average Bonchev–Trinajstić information content (AvgIpc) is 3.15. The van der Waals surface area contributed by atoms with E-state index >= 15 is 0 Å². The van der Waals surface area contributed by atoms with Gasteiger partial charge in [0.1, 0.15) is 10.8 Å². The molecule has 1 aromatic carbocycles. The second kappa shape index (κ2) is 6.36. The van der Waals surface area contributed by atoms with Crippen LogP contribution in [0.15, 0.2) is 28.8 Å². The number of aromatic nitrogens is 2. The summed E-state index contributed by atoms with van der Waals surface area (Å²) in [5, 5.41) is 4.90. The number of fused-ring (bicyclic) bond motifs is 1. The normalized spacial score (nSPS) is 13.9. The Morgan fingerprint density at radius 3 is 2.58 bits per heavy atom.